The maximum absolute atomic E-state index is 13.0. The number of nitrogens with zero attached hydrogens (tertiary/aromatic N) is 1. The van der Waals surface area contributed by atoms with Crippen molar-refractivity contribution >= 4 is 17.5 Å². The zero-order chi connectivity index (χ0) is 21.9. The second kappa shape index (κ2) is 8.97. The van der Waals surface area contributed by atoms with Gasteiger partial charge in [-0.2, -0.15) is 13.2 Å². The Hall–Kier alpha value is -2.38. The van der Waals surface area contributed by atoms with Gasteiger partial charge in [0, 0.05) is 32.4 Å². The van der Waals surface area contributed by atoms with Gasteiger partial charge < -0.3 is 9.64 Å². The molecule has 8 heteroatoms. The normalized spacial score (nSPS) is 19.6. The maximum Gasteiger partial charge on any atom is 0.422 e. The largest absolute Gasteiger partial charge is 0.484 e. The molecule has 0 bridgehead atoms. The molecule has 0 spiro atoms. The van der Waals surface area contributed by atoms with Crippen LogP contribution in [0.1, 0.15) is 49.3 Å². The van der Waals surface area contributed by atoms with Crippen LogP contribution in [0.2, 0.25) is 0 Å². The van der Waals surface area contributed by atoms with Crippen molar-refractivity contribution in [1.29, 1.82) is 0 Å². The van der Waals surface area contributed by atoms with Gasteiger partial charge in [-0.1, -0.05) is 6.92 Å². The van der Waals surface area contributed by atoms with Crippen molar-refractivity contribution in [2.24, 2.45) is 5.92 Å². The number of carbonyl (C=O) groups is 3. The fourth-order valence-electron chi connectivity index (χ4n) is 3.66. The van der Waals surface area contributed by atoms with E-state index < -0.39 is 24.6 Å². The summed E-state index contributed by atoms with van der Waals surface area (Å²) in [5, 5.41) is 0. The zero-order valence-corrected chi connectivity index (χ0v) is 17.1. The highest BCUT2D eigenvalue weighted by Gasteiger charge is 2.44. The van der Waals surface area contributed by atoms with Crippen molar-refractivity contribution in [3.8, 4) is 5.75 Å². The summed E-state index contributed by atoms with van der Waals surface area (Å²) in [7, 11) is 1.64. The van der Waals surface area contributed by atoms with Gasteiger partial charge in [0.1, 0.15) is 17.5 Å². The van der Waals surface area contributed by atoms with Crippen LogP contribution in [0.25, 0.3) is 0 Å². The summed E-state index contributed by atoms with van der Waals surface area (Å²) < 4.78 is 42.1. The third kappa shape index (κ3) is 5.36. The molecule has 1 aromatic carbocycles. The Morgan fingerprint density at radius 3 is 2.45 bits per heavy atom. The summed E-state index contributed by atoms with van der Waals surface area (Å²) >= 11 is 0. The molecule has 1 aliphatic carbocycles. The van der Waals surface area contributed by atoms with Crippen LogP contribution >= 0.6 is 0 Å². The lowest BCUT2D eigenvalue weighted by Crippen LogP contribution is -2.29. The van der Waals surface area contributed by atoms with Gasteiger partial charge in [0.2, 0.25) is 5.91 Å². The number of amides is 1. The third-order valence-corrected chi connectivity index (χ3v) is 5.30. The fourth-order valence-corrected chi connectivity index (χ4v) is 3.66. The number of rotatable bonds is 7. The van der Waals surface area contributed by atoms with Gasteiger partial charge in [-0.05, 0) is 49.1 Å². The molecule has 1 aromatic rings. The SMILES string of the molecule is CCc1cc(OCC(F)(F)F)cc(C)c1C1C(=O)CC(CC(=O)N(C)CC)C1=O. The van der Waals surface area contributed by atoms with Crippen LogP contribution in [0, 0.1) is 12.8 Å². The number of alkyl halides is 3. The third-order valence-electron chi connectivity index (χ3n) is 5.30. The van der Waals surface area contributed by atoms with Crippen molar-refractivity contribution in [1.82, 2.24) is 4.90 Å². The number of aryl methyl sites for hydroxylation is 2. The molecule has 0 aliphatic heterocycles. The Morgan fingerprint density at radius 1 is 1.24 bits per heavy atom. The van der Waals surface area contributed by atoms with Crippen molar-refractivity contribution in [2.45, 2.75) is 52.1 Å². The monoisotopic (exact) mass is 413 g/mol. The Balaban J connectivity index is 2.29. The quantitative estimate of drug-likeness (QED) is 0.641. The van der Waals surface area contributed by atoms with Crippen LogP contribution in [0.4, 0.5) is 13.2 Å². The highest BCUT2D eigenvalue weighted by Crippen LogP contribution is 2.39. The summed E-state index contributed by atoms with van der Waals surface area (Å²) in [5.74, 6) is -2.34. The molecule has 0 radical (unpaired) electrons. The molecule has 2 unspecified atom stereocenters. The Kier molecular flexibility index (Phi) is 7.08. The van der Waals surface area contributed by atoms with Crippen molar-refractivity contribution in [2.75, 3.05) is 20.2 Å². The van der Waals surface area contributed by atoms with Crippen LogP contribution in [0.3, 0.4) is 0 Å². The Labute approximate surface area is 168 Å². The molecular formula is C21H26F3NO4. The minimum Gasteiger partial charge on any atom is -0.484 e. The molecule has 0 saturated heterocycles. The zero-order valence-electron chi connectivity index (χ0n) is 17.1. The van der Waals surface area contributed by atoms with E-state index in [1.54, 1.807) is 20.9 Å². The van der Waals surface area contributed by atoms with Crippen LogP contribution in [-0.2, 0) is 20.8 Å². The van der Waals surface area contributed by atoms with Crippen LogP contribution in [0.15, 0.2) is 12.1 Å². The molecular weight excluding hydrogens is 387 g/mol. The molecule has 0 heterocycles. The molecule has 1 amide bonds. The van der Waals surface area contributed by atoms with E-state index in [1.807, 2.05) is 6.92 Å². The number of hydrogen-bond acceptors (Lipinski definition) is 4. The molecule has 0 N–H and O–H groups in total. The second-order valence-corrected chi connectivity index (χ2v) is 7.39. The number of ether oxygens (including phenoxy) is 1. The van der Waals surface area contributed by atoms with E-state index in [2.05, 4.69) is 0 Å². The smallest absolute Gasteiger partial charge is 0.422 e. The summed E-state index contributed by atoms with van der Waals surface area (Å²) in [5.41, 5.74) is 1.66. The predicted molar refractivity (Wildman–Crippen MR) is 101 cm³/mol. The van der Waals surface area contributed by atoms with Gasteiger partial charge in [-0.3, -0.25) is 14.4 Å². The van der Waals surface area contributed by atoms with Gasteiger partial charge in [-0.15, -0.1) is 0 Å². The molecule has 2 atom stereocenters. The highest BCUT2D eigenvalue weighted by molar-refractivity contribution is 6.15. The molecule has 2 rings (SSSR count). The number of carbonyl (C=O) groups excluding carboxylic acids is 3. The first kappa shape index (κ1) is 22.9. The number of benzene rings is 1. The lowest BCUT2D eigenvalue weighted by molar-refractivity contribution is -0.153. The lowest BCUT2D eigenvalue weighted by Gasteiger charge is -2.20. The molecule has 160 valence electrons. The number of Topliss-reactive ketones (excluding diaryl/α,β-unsaturated/α-hetero) is 2. The topological polar surface area (TPSA) is 63.7 Å². The lowest BCUT2D eigenvalue weighted by atomic mass is 9.85. The predicted octanol–water partition coefficient (Wildman–Crippen LogP) is 3.61. The first-order valence-electron chi connectivity index (χ1n) is 9.61. The van der Waals surface area contributed by atoms with Gasteiger partial charge in [0.05, 0.1) is 0 Å². The van der Waals surface area contributed by atoms with Gasteiger partial charge in [-0.25, -0.2) is 0 Å². The van der Waals surface area contributed by atoms with Crippen molar-refractivity contribution in [3.63, 3.8) is 0 Å². The molecule has 0 aromatic heterocycles. The van der Waals surface area contributed by atoms with E-state index in [4.69, 9.17) is 4.74 Å². The summed E-state index contributed by atoms with van der Waals surface area (Å²) in [4.78, 5) is 39.3. The van der Waals surface area contributed by atoms with E-state index in [0.717, 1.165) is 0 Å². The standard InChI is InChI=1S/C21H26F3NO4/c1-5-13-8-15(29-11-21(22,23)24)7-12(3)18(13)19-16(26)9-14(20(19)28)10-17(27)25(4)6-2/h7-8,14,19H,5-6,9-11H2,1-4H3. The summed E-state index contributed by atoms with van der Waals surface area (Å²) in [6.45, 7) is 4.37. The average Bonchev–Trinajstić information content (AvgIpc) is 2.91. The summed E-state index contributed by atoms with van der Waals surface area (Å²) in [6, 6.07) is 2.88. The Morgan fingerprint density at radius 2 is 1.90 bits per heavy atom. The van der Waals surface area contributed by atoms with Gasteiger partial charge in [0.25, 0.3) is 0 Å². The second-order valence-electron chi connectivity index (χ2n) is 7.39. The molecule has 29 heavy (non-hydrogen) atoms. The van der Waals surface area contributed by atoms with E-state index in [1.165, 1.54) is 17.0 Å². The molecule has 1 aliphatic rings. The fraction of sp³-hybridized carbons (Fsp3) is 0.571. The van der Waals surface area contributed by atoms with E-state index in [9.17, 15) is 27.6 Å². The van der Waals surface area contributed by atoms with Gasteiger partial charge >= 0.3 is 6.18 Å². The molecule has 5 nitrogen and oxygen atoms in total. The number of halogens is 3. The Bertz CT molecular complexity index is 804. The van der Waals surface area contributed by atoms with Crippen molar-refractivity contribution < 1.29 is 32.3 Å². The molecule has 1 saturated carbocycles. The van der Waals surface area contributed by atoms with E-state index in [0.29, 0.717) is 29.7 Å². The van der Waals surface area contributed by atoms with Gasteiger partial charge in [0.15, 0.2) is 12.4 Å². The summed E-state index contributed by atoms with van der Waals surface area (Å²) in [6.07, 6.45) is -4.04. The number of ketones is 2. The van der Waals surface area contributed by atoms with Crippen LogP contribution in [0.5, 0.6) is 5.75 Å². The van der Waals surface area contributed by atoms with Crippen molar-refractivity contribution in [3.05, 3.63) is 28.8 Å². The number of hydrogen-bond donors (Lipinski definition) is 0. The molecule has 1 fully saturated rings. The average molecular weight is 413 g/mol. The van der Waals surface area contributed by atoms with E-state index >= 15 is 0 Å². The first-order chi connectivity index (χ1) is 13.5. The maximum atomic E-state index is 13.0. The minimum absolute atomic E-state index is 0.00170. The highest BCUT2D eigenvalue weighted by atomic mass is 19.4. The minimum atomic E-state index is -4.46. The van der Waals surface area contributed by atoms with Crippen LogP contribution < -0.4 is 4.74 Å². The van der Waals surface area contributed by atoms with E-state index in [-0.39, 0.29) is 36.1 Å². The first-order valence-corrected chi connectivity index (χ1v) is 9.61. The van der Waals surface area contributed by atoms with Crippen LogP contribution in [-0.4, -0.2) is 48.7 Å².